The van der Waals surface area contributed by atoms with Crippen LogP contribution >= 0.6 is 23.2 Å². The molecular weight excluding hydrogens is 295 g/mol. The summed E-state index contributed by atoms with van der Waals surface area (Å²) in [5.74, 6) is -0.200. The van der Waals surface area contributed by atoms with Gasteiger partial charge in [-0.1, -0.05) is 37.0 Å². The van der Waals surface area contributed by atoms with Crippen molar-refractivity contribution in [3.63, 3.8) is 0 Å². The minimum absolute atomic E-state index is 0.128. The Bertz CT molecular complexity index is 487. The average Bonchev–Trinajstić information content (AvgIpc) is 2.40. The van der Waals surface area contributed by atoms with E-state index in [1.54, 1.807) is 12.1 Å². The van der Waals surface area contributed by atoms with Gasteiger partial charge in [-0.15, -0.1) is 0 Å². The van der Waals surface area contributed by atoms with Gasteiger partial charge in [-0.2, -0.15) is 0 Å². The van der Waals surface area contributed by atoms with E-state index in [-0.39, 0.29) is 16.5 Å². The number of rotatable bonds is 6. The van der Waals surface area contributed by atoms with Crippen molar-refractivity contribution in [2.45, 2.75) is 46.1 Å². The van der Waals surface area contributed by atoms with Gasteiger partial charge < -0.3 is 10.6 Å². The first-order chi connectivity index (χ1) is 9.32. The van der Waals surface area contributed by atoms with Crippen LogP contribution in [0.2, 0.25) is 10.0 Å². The van der Waals surface area contributed by atoms with Crippen molar-refractivity contribution in [3.8, 4) is 0 Å². The summed E-state index contributed by atoms with van der Waals surface area (Å²) in [6.45, 7) is 8.84. The Morgan fingerprint density at radius 3 is 2.45 bits per heavy atom. The van der Waals surface area contributed by atoms with E-state index >= 15 is 0 Å². The van der Waals surface area contributed by atoms with Crippen LogP contribution in [0.15, 0.2) is 12.1 Å². The third kappa shape index (κ3) is 4.29. The van der Waals surface area contributed by atoms with Crippen molar-refractivity contribution < 1.29 is 4.79 Å². The number of amides is 1. The molecule has 112 valence electrons. The molecule has 1 aromatic rings. The van der Waals surface area contributed by atoms with Gasteiger partial charge in [0.05, 0.1) is 15.6 Å². The fourth-order valence-corrected chi connectivity index (χ4v) is 2.06. The highest BCUT2D eigenvalue weighted by Gasteiger charge is 2.22. The topological polar surface area (TPSA) is 41.1 Å². The van der Waals surface area contributed by atoms with Crippen LogP contribution in [0, 0.1) is 0 Å². The Hall–Kier alpha value is -0.930. The quantitative estimate of drug-likeness (QED) is 0.796. The Morgan fingerprint density at radius 2 is 1.90 bits per heavy atom. The zero-order chi connectivity index (χ0) is 15.3. The number of nitrogens with one attached hydrogen (secondary N) is 2. The summed E-state index contributed by atoms with van der Waals surface area (Å²) in [6, 6.07) is 3.50. The predicted molar refractivity (Wildman–Crippen MR) is 87.1 cm³/mol. The molecule has 0 saturated heterocycles. The SMILES string of the molecule is CCCNC(=O)c1c(NC(C)(C)CC)ccc(Cl)c1Cl. The van der Waals surface area contributed by atoms with Gasteiger partial charge in [0.15, 0.2) is 0 Å². The standard InChI is InChI=1S/C15H22Cl2N2O/c1-5-9-18-14(20)12-11(19-15(3,4)6-2)8-7-10(16)13(12)17/h7-8,19H,5-6,9H2,1-4H3,(H,18,20). The van der Waals surface area contributed by atoms with Crippen molar-refractivity contribution in [1.82, 2.24) is 5.32 Å². The summed E-state index contributed by atoms with van der Waals surface area (Å²) in [7, 11) is 0. The van der Waals surface area contributed by atoms with Crippen molar-refractivity contribution >= 4 is 34.8 Å². The van der Waals surface area contributed by atoms with Crippen molar-refractivity contribution in [2.24, 2.45) is 0 Å². The highest BCUT2D eigenvalue weighted by atomic mass is 35.5. The lowest BCUT2D eigenvalue weighted by atomic mass is 10.0. The molecule has 5 heteroatoms. The zero-order valence-electron chi connectivity index (χ0n) is 12.4. The lowest BCUT2D eigenvalue weighted by molar-refractivity contribution is 0.0954. The third-order valence-corrected chi connectivity index (χ3v) is 4.02. The van der Waals surface area contributed by atoms with E-state index in [4.69, 9.17) is 23.2 Å². The number of hydrogen-bond donors (Lipinski definition) is 2. The van der Waals surface area contributed by atoms with Crippen LogP contribution in [-0.4, -0.2) is 18.0 Å². The van der Waals surface area contributed by atoms with E-state index in [2.05, 4.69) is 31.4 Å². The molecule has 0 spiro atoms. The Balaban J connectivity index is 3.17. The van der Waals surface area contributed by atoms with E-state index in [0.717, 1.165) is 12.8 Å². The molecule has 0 unspecified atom stereocenters. The summed E-state index contributed by atoms with van der Waals surface area (Å²) in [5.41, 5.74) is 0.991. The molecule has 0 atom stereocenters. The summed E-state index contributed by atoms with van der Waals surface area (Å²) in [6.07, 6.45) is 1.79. The van der Waals surface area contributed by atoms with E-state index in [1.165, 1.54) is 0 Å². The largest absolute Gasteiger partial charge is 0.379 e. The average molecular weight is 317 g/mol. The van der Waals surface area contributed by atoms with Crippen molar-refractivity contribution in [2.75, 3.05) is 11.9 Å². The van der Waals surface area contributed by atoms with E-state index in [1.807, 2.05) is 6.92 Å². The van der Waals surface area contributed by atoms with Crippen LogP contribution in [0.4, 0.5) is 5.69 Å². The molecule has 0 aliphatic heterocycles. The van der Waals surface area contributed by atoms with Crippen LogP contribution in [0.5, 0.6) is 0 Å². The van der Waals surface area contributed by atoms with Crippen molar-refractivity contribution in [3.05, 3.63) is 27.7 Å². The number of anilines is 1. The van der Waals surface area contributed by atoms with Gasteiger partial charge in [-0.05, 0) is 38.8 Å². The van der Waals surface area contributed by atoms with Gasteiger partial charge in [-0.3, -0.25) is 4.79 Å². The van der Waals surface area contributed by atoms with Gasteiger partial charge in [-0.25, -0.2) is 0 Å². The van der Waals surface area contributed by atoms with Crippen LogP contribution in [0.1, 0.15) is 50.9 Å². The first kappa shape index (κ1) is 17.1. The molecule has 0 saturated carbocycles. The number of halogens is 2. The minimum atomic E-state index is -0.200. The molecule has 0 aromatic heterocycles. The number of carbonyl (C=O) groups excluding carboxylic acids is 1. The van der Waals surface area contributed by atoms with Gasteiger partial charge in [0, 0.05) is 17.8 Å². The predicted octanol–water partition coefficient (Wildman–Crippen LogP) is 4.73. The van der Waals surface area contributed by atoms with Crippen LogP contribution in [0.25, 0.3) is 0 Å². The summed E-state index contributed by atoms with van der Waals surface area (Å²) >= 11 is 12.2. The molecule has 20 heavy (non-hydrogen) atoms. The van der Waals surface area contributed by atoms with Crippen molar-refractivity contribution in [1.29, 1.82) is 0 Å². The lowest BCUT2D eigenvalue weighted by Crippen LogP contribution is -2.32. The Kier molecular flexibility index (Phi) is 6.15. The highest BCUT2D eigenvalue weighted by Crippen LogP contribution is 2.33. The fraction of sp³-hybridized carbons (Fsp3) is 0.533. The van der Waals surface area contributed by atoms with E-state index in [0.29, 0.717) is 22.8 Å². The maximum atomic E-state index is 12.3. The molecule has 1 amide bonds. The molecule has 2 N–H and O–H groups in total. The van der Waals surface area contributed by atoms with Gasteiger partial charge in [0.25, 0.3) is 5.91 Å². The molecule has 1 rings (SSSR count). The van der Waals surface area contributed by atoms with Gasteiger partial charge in [0.2, 0.25) is 0 Å². The third-order valence-electron chi connectivity index (χ3n) is 3.21. The zero-order valence-corrected chi connectivity index (χ0v) is 14.0. The monoisotopic (exact) mass is 316 g/mol. The number of carbonyl (C=O) groups is 1. The summed E-state index contributed by atoms with van der Waals surface area (Å²) < 4.78 is 0. The lowest BCUT2D eigenvalue weighted by Gasteiger charge is -2.27. The molecule has 3 nitrogen and oxygen atoms in total. The smallest absolute Gasteiger partial charge is 0.254 e. The Labute approximate surface area is 131 Å². The Morgan fingerprint density at radius 1 is 1.25 bits per heavy atom. The maximum Gasteiger partial charge on any atom is 0.254 e. The van der Waals surface area contributed by atoms with Gasteiger partial charge >= 0.3 is 0 Å². The van der Waals surface area contributed by atoms with E-state index in [9.17, 15) is 4.79 Å². The van der Waals surface area contributed by atoms with Crippen LogP contribution in [-0.2, 0) is 0 Å². The van der Waals surface area contributed by atoms with Gasteiger partial charge in [0.1, 0.15) is 0 Å². The first-order valence-corrected chi connectivity index (χ1v) is 7.62. The number of benzene rings is 1. The second-order valence-corrected chi connectivity index (χ2v) is 6.19. The summed E-state index contributed by atoms with van der Waals surface area (Å²) in [4.78, 5) is 12.3. The van der Waals surface area contributed by atoms with Crippen LogP contribution in [0.3, 0.4) is 0 Å². The first-order valence-electron chi connectivity index (χ1n) is 6.86. The second kappa shape index (κ2) is 7.19. The molecular formula is C15H22Cl2N2O. The molecule has 0 aliphatic rings. The maximum absolute atomic E-state index is 12.3. The number of hydrogen-bond acceptors (Lipinski definition) is 2. The molecule has 0 heterocycles. The highest BCUT2D eigenvalue weighted by molar-refractivity contribution is 6.44. The van der Waals surface area contributed by atoms with E-state index < -0.39 is 0 Å². The minimum Gasteiger partial charge on any atom is -0.379 e. The van der Waals surface area contributed by atoms with Crippen LogP contribution < -0.4 is 10.6 Å². The molecule has 0 aliphatic carbocycles. The summed E-state index contributed by atoms with van der Waals surface area (Å²) in [5, 5.41) is 6.87. The molecule has 0 radical (unpaired) electrons. The fourth-order valence-electron chi connectivity index (χ4n) is 1.66. The molecule has 0 fully saturated rings. The molecule has 0 bridgehead atoms. The molecule has 1 aromatic carbocycles. The second-order valence-electron chi connectivity index (χ2n) is 5.40. The normalized spacial score (nSPS) is 11.3.